The molecule has 1 N–H and O–H groups in total. The molecular formula is C17H27NO. The van der Waals surface area contributed by atoms with Gasteiger partial charge in [-0.15, -0.1) is 0 Å². The second-order valence-electron chi connectivity index (χ2n) is 5.54. The zero-order valence-corrected chi connectivity index (χ0v) is 12.3. The first-order chi connectivity index (χ1) is 9.36. The number of ether oxygens (including phenoxy) is 1. The Hall–Kier alpha value is -0.860. The quantitative estimate of drug-likeness (QED) is 0.763. The van der Waals surface area contributed by atoms with Crippen molar-refractivity contribution in [1.29, 1.82) is 0 Å². The van der Waals surface area contributed by atoms with Crippen LogP contribution >= 0.6 is 0 Å². The van der Waals surface area contributed by atoms with E-state index in [0.29, 0.717) is 6.04 Å². The second-order valence-corrected chi connectivity index (χ2v) is 5.54. The fraction of sp³-hybridized carbons (Fsp3) is 0.647. The first-order valence-corrected chi connectivity index (χ1v) is 7.68. The average molecular weight is 261 g/mol. The normalized spacial score (nSPS) is 17.2. The number of hydrogen-bond donors (Lipinski definition) is 1. The highest BCUT2D eigenvalue weighted by Crippen LogP contribution is 2.39. The summed E-state index contributed by atoms with van der Waals surface area (Å²) in [6.45, 7) is 4.12. The maximum absolute atomic E-state index is 5.27. The van der Waals surface area contributed by atoms with E-state index < -0.39 is 0 Å². The monoisotopic (exact) mass is 261 g/mol. The highest BCUT2D eigenvalue weighted by Gasteiger charge is 2.24. The molecule has 0 heterocycles. The summed E-state index contributed by atoms with van der Waals surface area (Å²) in [5.74, 6) is 0.796. The summed E-state index contributed by atoms with van der Waals surface area (Å²) in [7, 11) is 1.79. The molecular weight excluding hydrogens is 234 g/mol. The van der Waals surface area contributed by atoms with Gasteiger partial charge in [0.15, 0.2) is 0 Å². The minimum atomic E-state index is 0.441. The molecule has 2 heteroatoms. The van der Waals surface area contributed by atoms with E-state index in [1.54, 1.807) is 12.7 Å². The van der Waals surface area contributed by atoms with Crippen LogP contribution in [0.2, 0.25) is 0 Å². The third-order valence-corrected chi connectivity index (χ3v) is 4.17. The third kappa shape index (κ3) is 3.80. The van der Waals surface area contributed by atoms with Crippen molar-refractivity contribution in [3.63, 3.8) is 0 Å². The molecule has 1 aliphatic rings. The number of nitrogens with one attached hydrogen (secondary N) is 1. The molecule has 0 radical (unpaired) electrons. The van der Waals surface area contributed by atoms with Gasteiger partial charge < -0.3 is 10.1 Å². The zero-order chi connectivity index (χ0) is 13.5. The van der Waals surface area contributed by atoms with Crippen LogP contribution in [0.25, 0.3) is 0 Å². The standard InChI is InChI=1S/C17H27NO/c1-3-12-18-17(11-13-19-2)16-10-5-4-9-15(16)14-7-6-8-14/h4-5,9-10,14,17-18H,3,6-8,11-13H2,1-2H3. The molecule has 106 valence electrons. The van der Waals surface area contributed by atoms with Crippen molar-refractivity contribution in [3.8, 4) is 0 Å². The lowest BCUT2D eigenvalue weighted by Crippen LogP contribution is -2.25. The molecule has 0 aromatic heterocycles. The third-order valence-electron chi connectivity index (χ3n) is 4.17. The number of rotatable bonds is 8. The van der Waals surface area contributed by atoms with Crippen LogP contribution in [0.15, 0.2) is 24.3 Å². The first-order valence-electron chi connectivity index (χ1n) is 7.68. The van der Waals surface area contributed by atoms with Crippen LogP contribution in [0, 0.1) is 0 Å². The van der Waals surface area contributed by atoms with E-state index in [2.05, 4.69) is 36.5 Å². The number of benzene rings is 1. The summed E-state index contributed by atoms with van der Waals surface area (Å²) in [4.78, 5) is 0. The van der Waals surface area contributed by atoms with Crippen molar-refractivity contribution in [1.82, 2.24) is 5.32 Å². The summed E-state index contributed by atoms with van der Waals surface area (Å²) in [6, 6.07) is 9.43. The van der Waals surface area contributed by atoms with E-state index >= 15 is 0 Å². The molecule has 19 heavy (non-hydrogen) atoms. The largest absolute Gasteiger partial charge is 0.385 e. The van der Waals surface area contributed by atoms with E-state index in [4.69, 9.17) is 4.74 Å². The molecule has 0 saturated heterocycles. The van der Waals surface area contributed by atoms with Crippen molar-refractivity contribution >= 4 is 0 Å². The lowest BCUT2D eigenvalue weighted by Gasteiger charge is -2.31. The highest BCUT2D eigenvalue weighted by atomic mass is 16.5. The van der Waals surface area contributed by atoms with E-state index in [1.807, 2.05) is 0 Å². The molecule has 1 aliphatic carbocycles. The van der Waals surface area contributed by atoms with Gasteiger partial charge in [0.1, 0.15) is 0 Å². The summed E-state index contributed by atoms with van der Waals surface area (Å²) < 4.78 is 5.27. The number of hydrogen-bond acceptors (Lipinski definition) is 2. The van der Waals surface area contributed by atoms with Crippen LogP contribution in [0.5, 0.6) is 0 Å². The van der Waals surface area contributed by atoms with Crippen molar-refractivity contribution in [2.75, 3.05) is 20.3 Å². The molecule has 1 unspecified atom stereocenters. The van der Waals surface area contributed by atoms with Crippen LogP contribution in [-0.4, -0.2) is 20.3 Å². The van der Waals surface area contributed by atoms with E-state index in [1.165, 1.54) is 31.2 Å². The molecule has 1 fully saturated rings. The summed E-state index contributed by atoms with van der Waals surface area (Å²) in [6.07, 6.45) is 6.35. The molecule has 0 spiro atoms. The van der Waals surface area contributed by atoms with E-state index in [9.17, 15) is 0 Å². The van der Waals surface area contributed by atoms with Crippen LogP contribution in [0.1, 0.15) is 62.1 Å². The fourth-order valence-corrected chi connectivity index (χ4v) is 2.84. The Morgan fingerprint density at radius 3 is 2.74 bits per heavy atom. The van der Waals surface area contributed by atoms with E-state index in [-0.39, 0.29) is 0 Å². The topological polar surface area (TPSA) is 21.3 Å². The summed E-state index contributed by atoms with van der Waals surface area (Å²) >= 11 is 0. The lowest BCUT2D eigenvalue weighted by molar-refractivity contribution is 0.182. The van der Waals surface area contributed by atoms with Gasteiger partial charge in [0.25, 0.3) is 0 Å². The van der Waals surface area contributed by atoms with Crippen LogP contribution in [-0.2, 0) is 4.74 Å². The Labute approximate surface area is 117 Å². The van der Waals surface area contributed by atoms with Crippen LogP contribution < -0.4 is 5.32 Å². The molecule has 1 aromatic carbocycles. The predicted molar refractivity (Wildman–Crippen MR) is 80.6 cm³/mol. The van der Waals surface area contributed by atoms with Gasteiger partial charge in [0, 0.05) is 19.8 Å². The molecule has 0 bridgehead atoms. The Morgan fingerprint density at radius 2 is 2.11 bits per heavy atom. The van der Waals surface area contributed by atoms with Crippen LogP contribution in [0.3, 0.4) is 0 Å². The maximum Gasteiger partial charge on any atom is 0.0480 e. The Kier molecular flexibility index (Phi) is 5.87. The summed E-state index contributed by atoms with van der Waals surface area (Å²) in [5, 5.41) is 3.68. The minimum Gasteiger partial charge on any atom is -0.385 e. The Morgan fingerprint density at radius 1 is 1.32 bits per heavy atom. The highest BCUT2D eigenvalue weighted by molar-refractivity contribution is 5.34. The summed E-state index contributed by atoms with van der Waals surface area (Å²) in [5.41, 5.74) is 3.07. The average Bonchev–Trinajstić information content (AvgIpc) is 2.38. The van der Waals surface area contributed by atoms with E-state index in [0.717, 1.165) is 25.5 Å². The van der Waals surface area contributed by atoms with Crippen molar-refractivity contribution in [3.05, 3.63) is 35.4 Å². The van der Waals surface area contributed by atoms with Gasteiger partial charge in [0.2, 0.25) is 0 Å². The Balaban J connectivity index is 2.13. The van der Waals surface area contributed by atoms with Gasteiger partial charge in [-0.2, -0.15) is 0 Å². The Bertz CT molecular complexity index is 365. The predicted octanol–water partition coefficient (Wildman–Crippen LogP) is 4.03. The van der Waals surface area contributed by atoms with Crippen molar-refractivity contribution in [2.45, 2.75) is 51.0 Å². The van der Waals surface area contributed by atoms with Gasteiger partial charge in [-0.3, -0.25) is 0 Å². The fourth-order valence-electron chi connectivity index (χ4n) is 2.84. The smallest absolute Gasteiger partial charge is 0.0480 e. The van der Waals surface area contributed by atoms with Gasteiger partial charge in [-0.1, -0.05) is 37.6 Å². The van der Waals surface area contributed by atoms with Gasteiger partial charge in [-0.25, -0.2) is 0 Å². The molecule has 2 rings (SSSR count). The zero-order valence-electron chi connectivity index (χ0n) is 12.3. The molecule has 0 aliphatic heterocycles. The van der Waals surface area contributed by atoms with Gasteiger partial charge in [0.05, 0.1) is 0 Å². The van der Waals surface area contributed by atoms with Gasteiger partial charge >= 0.3 is 0 Å². The van der Waals surface area contributed by atoms with Crippen molar-refractivity contribution < 1.29 is 4.74 Å². The van der Waals surface area contributed by atoms with Gasteiger partial charge in [-0.05, 0) is 49.3 Å². The number of methoxy groups -OCH3 is 1. The minimum absolute atomic E-state index is 0.441. The molecule has 1 atom stereocenters. The second kappa shape index (κ2) is 7.66. The lowest BCUT2D eigenvalue weighted by atomic mass is 9.77. The van der Waals surface area contributed by atoms with Crippen LogP contribution in [0.4, 0.5) is 0 Å². The maximum atomic E-state index is 5.27. The molecule has 2 nitrogen and oxygen atoms in total. The van der Waals surface area contributed by atoms with Crippen molar-refractivity contribution in [2.24, 2.45) is 0 Å². The first kappa shape index (κ1) is 14.5. The molecule has 1 aromatic rings. The molecule has 1 saturated carbocycles. The molecule has 0 amide bonds. The SMILES string of the molecule is CCCNC(CCOC)c1ccccc1C1CCC1.